The third kappa shape index (κ3) is 4.54. The topological polar surface area (TPSA) is 88.2 Å². The molecule has 2 saturated heterocycles. The van der Waals surface area contributed by atoms with Crippen LogP contribution in [0.15, 0.2) is 23.1 Å². The molecule has 1 amide bonds. The minimum absolute atomic E-state index is 0.0790. The summed E-state index contributed by atoms with van der Waals surface area (Å²) in [6.07, 6.45) is 5.46. The lowest BCUT2D eigenvalue weighted by Crippen LogP contribution is -2.46. The van der Waals surface area contributed by atoms with Gasteiger partial charge in [0.05, 0.1) is 18.1 Å². The van der Waals surface area contributed by atoms with E-state index >= 15 is 0 Å². The van der Waals surface area contributed by atoms with E-state index in [4.69, 9.17) is 9.47 Å². The second-order valence-electron chi connectivity index (χ2n) is 9.06. The molecule has 8 nitrogen and oxygen atoms in total. The number of carbonyl (C=O) groups is 1. The van der Waals surface area contributed by atoms with Gasteiger partial charge >= 0.3 is 0 Å². The van der Waals surface area contributed by atoms with Gasteiger partial charge < -0.3 is 14.8 Å². The summed E-state index contributed by atoms with van der Waals surface area (Å²) in [7, 11) is -3.63. The van der Waals surface area contributed by atoms with Gasteiger partial charge in [-0.1, -0.05) is 0 Å². The van der Waals surface area contributed by atoms with E-state index in [9.17, 15) is 13.2 Å². The average Bonchev–Trinajstić information content (AvgIpc) is 3.57. The van der Waals surface area contributed by atoms with E-state index in [1.54, 1.807) is 18.2 Å². The molecule has 3 heterocycles. The molecule has 1 aromatic rings. The van der Waals surface area contributed by atoms with Gasteiger partial charge in [-0.3, -0.25) is 9.69 Å². The number of likely N-dealkylation sites (tertiary alicyclic amines) is 1. The summed E-state index contributed by atoms with van der Waals surface area (Å²) in [6.45, 7) is 3.81. The normalized spacial score (nSPS) is 25.9. The zero-order chi connectivity index (χ0) is 21.4. The van der Waals surface area contributed by atoms with Crippen molar-refractivity contribution in [1.82, 2.24) is 14.5 Å². The highest BCUT2D eigenvalue weighted by molar-refractivity contribution is 7.89. The molecule has 3 fully saturated rings. The van der Waals surface area contributed by atoms with Crippen LogP contribution in [0.5, 0.6) is 11.5 Å². The minimum Gasteiger partial charge on any atom is -0.490 e. The molecule has 1 aliphatic carbocycles. The number of piperidine rings is 1. The number of amides is 1. The molecule has 9 heteroatoms. The lowest BCUT2D eigenvalue weighted by Gasteiger charge is -2.31. The van der Waals surface area contributed by atoms with Crippen LogP contribution in [0.2, 0.25) is 0 Å². The van der Waals surface area contributed by atoms with Gasteiger partial charge in [0.1, 0.15) is 0 Å². The van der Waals surface area contributed by atoms with E-state index in [1.807, 2.05) is 0 Å². The Kier molecular flexibility index (Phi) is 5.83. The Labute approximate surface area is 183 Å². The highest BCUT2D eigenvalue weighted by Gasteiger charge is 2.37. The van der Waals surface area contributed by atoms with E-state index in [1.165, 1.54) is 17.1 Å². The molecule has 31 heavy (non-hydrogen) atoms. The maximum absolute atomic E-state index is 13.1. The molecule has 0 spiro atoms. The summed E-state index contributed by atoms with van der Waals surface area (Å²) in [5.74, 6) is 1.02. The van der Waals surface area contributed by atoms with E-state index in [-0.39, 0.29) is 22.8 Å². The lowest BCUT2D eigenvalue weighted by molar-refractivity contribution is -0.126. The molecule has 3 aliphatic heterocycles. The van der Waals surface area contributed by atoms with Crippen LogP contribution in [-0.2, 0) is 14.8 Å². The molecule has 4 aliphatic rings. The average molecular weight is 450 g/mol. The van der Waals surface area contributed by atoms with E-state index in [2.05, 4.69) is 10.2 Å². The fourth-order valence-corrected chi connectivity index (χ4v) is 6.29. The summed E-state index contributed by atoms with van der Waals surface area (Å²) in [4.78, 5) is 15.4. The quantitative estimate of drug-likeness (QED) is 0.735. The fraction of sp³-hybridized carbons (Fsp3) is 0.682. The van der Waals surface area contributed by atoms with E-state index in [0.29, 0.717) is 50.6 Å². The number of nitrogens with zero attached hydrogens (tertiary/aromatic N) is 2. The summed E-state index contributed by atoms with van der Waals surface area (Å²) in [5, 5.41) is 3.21. The Balaban J connectivity index is 1.17. The standard InChI is InChI=1S/C22H31N3O5S/c26-22(23-17-8-9-24(15-17)18-2-3-18)16-6-10-25(11-7-16)31(27,28)19-4-5-20-21(14-19)30-13-1-12-29-20/h4-5,14,16-18H,1-3,6-13,15H2,(H,23,26). The van der Waals surface area contributed by atoms with Gasteiger partial charge in [-0.25, -0.2) is 8.42 Å². The van der Waals surface area contributed by atoms with Crippen molar-refractivity contribution in [2.24, 2.45) is 5.92 Å². The summed E-state index contributed by atoms with van der Waals surface area (Å²) >= 11 is 0. The number of hydrogen-bond donors (Lipinski definition) is 1. The van der Waals surface area contributed by atoms with Gasteiger partial charge in [0.2, 0.25) is 15.9 Å². The van der Waals surface area contributed by atoms with Gasteiger partial charge in [-0.2, -0.15) is 4.31 Å². The molecule has 5 rings (SSSR count). The van der Waals surface area contributed by atoms with Crippen molar-refractivity contribution in [2.75, 3.05) is 39.4 Å². The highest BCUT2D eigenvalue weighted by atomic mass is 32.2. The van der Waals surface area contributed by atoms with Crippen molar-refractivity contribution in [3.8, 4) is 11.5 Å². The van der Waals surface area contributed by atoms with E-state index < -0.39 is 10.0 Å². The molecule has 0 aromatic heterocycles. The SMILES string of the molecule is O=C(NC1CCN(C2CC2)C1)C1CCN(S(=O)(=O)c2ccc3c(c2)OCCCO3)CC1. The molecule has 1 aromatic carbocycles. The molecule has 0 bridgehead atoms. The van der Waals surface area contributed by atoms with Gasteiger partial charge in [-0.15, -0.1) is 0 Å². The van der Waals surface area contributed by atoms with Crippen LogP contribution in [0, 0.1) is 5.92 Å². The molecular weight excluding hydrogens is 418 g/mol. The van der Waals surface area contributed by atoms with Gasteiger partial charge in [0.25, 0.3) is 0 Å². The lowest BCUT2D eigenvalue weighted by atomic mass is 9.97. The summed E-state index contributed by atoms with van der Waals surface area (Å²) in [5.41, 5.74) is 0. The van der Waals surface area contributed by atoms with Crippen LogP contribution in [-0.4, -0.2) is 75.0 Å². The molecule has 170 valence electrons. The third-order valence-corrected chi connectivity index (χ3v) is 8.71. The predicted octanol–water partition coefficient (Wildman–Crippen LogP) is 1.60. The second-order valence-corrected chi connectivity index (χ2v) is 11.0. The van der Waals surface area contributed by atoms with Crippen LogP contribution in [0.25, 0.3) is 0 Å². The molecule has 1 saturated carbocycles. The number of nitrogens with one attached hydrogen (secondary N) is 1. The number of hydrogen-bond acceptors (Lipinski definition) is 6. The number of rotatable bonds is 5. The maximum atomic E-state index is 13.1. The Morgan fingerprint density at radius 3 is 2.45 bits per heavy atom. The maximum Gasteiger partial charge on any atom is 0.243 e. The predicted molar refractivity (Wildman–Crippen MR) is 115 cm³/mol. The first-order valence-corrected chi connectivity index (χ1v) is 12.9. The van der Waals surface area contributed by atoms with Gasteiger partial charge in [0, 0.05) is 56.7 Å². The Morgan fingerprint density at radius 1 is 0.968 bits per heavy atom. The van der Waals surface area contributed by atoms with Crippen LogP contribution in [0.4, 0.5) is 0 Å². The van der Waals surface area contributed by atoms with Crippen molar-refractivity contribution in [2.45, 2.75) is 55.5 Å². The second kappa shape index (κ2) is 8.60. The first kappa shape index (κ1) is 21.0. The molecule has 1 unspecified atom stereocenters. The van der Waals surface area contributed by atoms with Crippen molar-refractivity contribution >= 4 is 15.9 Å². The zero-order valence-corrected chi connectivity index (χ0v) is 18.6. The Bertz CT molecular complexity index is 925. The molecule has 1 N–H and O–H groups in total. The summed E-state index contributed by atoms with van der Waals surface area (Å²) in [6, 6.07) is 5.77. The van der Waals surface area contributed by atoms with Crippen molar-refractivity contribution < 1.29 is 22.7 Å². The number of ether oxygens (including phenoxy) is 2. The largest absolute Gasteiger partial charge is 0.490 e. The zero-order valence-electron chi connectivity index (χ0n) is 17.8. The highest BCUT2D eigenvalue weighted by Crippen LogP contribution is 2.34. The molecule has 0 radical (unpaired) electrons. The smallest absolute Gasteiger partial charge is 0.243 e. The van der Waals surface area contributed by atoms with Crippen molar-refractivity contribution in [3.05, 3.63) is 18.2 Å². The van der Waals surface area contributed by atoms with Gasteiger partial charge in [-0.05, 0) is 44.2 Å². The number of carbonyl (C=O) groups excluding carboxylic acids is 1. The molecular formula is C22H31N3O5S. The number of sulfonamides is 1. The number of fused-ring (bicyclic) bond motifs is 1. The van der Waals surface area contributed by atoms with Crippen molar-refractivity contribution in [1.29, 1.82) is 0 Å². The molecule has 1 atom stereocenters. The van der Waals surface area contributed by atoms with Crippen LogP contribution in [0.1, 0.15) is 38.5 Å². The van der Waals surface area contributed by atoms with Gasteiger partial charge in [0.15, 0.2) is 11.5 Å². The monoisotopic (exact) mass is 449 g/mol. The minimum atomic E-state index is -3.63. The van der Waals surface area contributed by atoms with Crippen LogP contribution in [0.3, 0.4) is 0 Å². The Morgan fingerprint density at radius 2 is 1.71 bits per heavy atom. The third-order valence-electron chi connectivity index (χ3n) is 6.81. The fourth-order valence-electron chi connectivity index (χ4n) is 4.81. The first-order valence-electron chi connectivity index (χ1n) is 11.4. The first-order chi connectivity index (χ1) is 15.0. The van der Waals surface area contributed by atoms with E-state index in [0.717, 1.165) is 32.0 Å². The van der Waals surface area contributed by atoms with Crippen LogP contribution >= 0.6 is 0 Å². The van der Waals surface area contributed by atoms with Crippen molar-refractivity contribution in [3.63, 3.8) is 0 Å². The number of benzene rings is 1. The summed E-state index contributed by atoms with van der Waals surface area (Å²) < 4.78 is 39.0. The Hall–Kier alpha value is -1.84. The van der Waals surface area contributed by atoms with Crippen LogP contribution < -0.4 is 14.8 Å².